The summed E-state index contributed by atoms with van der Waals surface area (Å²) >= 11 is 12.3. The molecule has 5 aromatic rings. The molecule has 0 N–H and O–H groups in total. The zero-order valence-electron chi connectivity index (χ0n) is 20.5. The van der Waals surface area contributed by atoms with Gasteiger partial charge in [-0.15, -0.1) is 0 Å². The minimum Gasteiger partial charge on any atom is -0.468 e. The summed E-state index contributed by atoms with van der Waals surface area (Å²) in [7, 11) is -4.39. The summed E-state index contributed by atoms with van der Waals surface area (Å²) in [6.07, 6.45) is 1.02. The number of oxazole rings is 1. The molecule has 2 amide bonds. The molecule has 9 nitrogen and oxygen atoms in total. The van der Waals surface area contributed by atoms with E-state index in [1.165, 1.54) is 24.5 Å². The number of rotatable bonds is 7. The highest BCUT2D eigenvalue weighted by molar-refractivity contribution is 7.89. The Hall–Kier alpha value is -3.96. The Morgan fingerprint density at radius 2 is 1.75 bits per heavy atom. The molecule has 0 bridgehead atoms. The average molecular weight is 596 g/mol. The largest absolute Gasteiger partial charge is 0.468 e. The molecule has 2 aromatic heterocycles. The standard InChI is InChI=1S/C28H19Cl2N3O6S/c29-18-9-12-21(30)25(14-18)40(36,37)32(16-20-4-3-13-38-20)23-15-26(34)33(28(23)35)19-10-7-17(8-11-19)27-31-22-5-1-2-6-24(22)39-27/h1-14,23H,15-16H2. The molecule has 0 spiro atoms. The lowest BCUT2D eigenvalue weighted by Crippen LogP contribution is -2.45. The molecular weight excluding hydrogens is 577 g/mol. The normalized spacial score (nSPS) is 16.0. The van der Waals surface area contributed by atoms with Gasteiger partial charge in [-0.05, 0) is 66.7 Å². The van der Waals surface area contributed by atoms with Crippen molar-refractivity contribution in [1.29, 1.82) is 0 Å². The zero-order chi connectivity index (χ0) is 28.0. The minimum absolute atomic E-state index is 0.0720. The van der Waals surface area contributed by atoms with Crippen molar-refractivity contribution in [2.75, 3.05) is 4.90 Å². The summed E-state index contributed by atoms with van der Waals surface area (Å²) in [4.78, 5) is 32.0. The van der Waals surface area contributed by atoms with Crippen molar-refractivity contribution in [3.05, 3.63) is 101 Å². The number of amides is 2. The lowest BCUT2D eigenvalue weighted by Gasteiger charge is -2.26. The third-order valence-corrected chi connectivity index (χ3v) is 9.08. The first-order valence-corrected chi connectivity index (χ1v) is 14.2. The third kappa shape index (κ3) is 4.69. The van der Waals surface area contributed by atoms with Crippen molar-refractivity contribution < 1.29 is 26.8 Å². The highest BCUT2D eigenvalue weighted by atomic mass is 35.5. The molecule has 1 atom stereocenters. The maximum absolute atomic E-state index is 13.8. The fourth-order valence-corrected chi connectivity index (χ4v) is 6.87. The number of hydrogen-bond donors (Lipinski definition) is 0. The van der Waals surface area contributed by atoms with Gasteiger partial charge in [0.25, 0.3) is 5.91 Å². The number of para-hydroxylation sites is 2. The van der Waals surface area contributed by atoms with Crippen LogP contribution in [-0.4, -0.2) is 35.6 Å². The number of carbonyl (C=O) groups is 2. The lowest BCUT2D eigenvalue weighted by atomic mass is 10.2. The van der Waals surface area contributed by atoms with Gasteiger partial charge in [0.1, 0.15) is 22.2 Å². The van der Waals surface area contributed by atoms with Crippen LogP contribution in [0.5, 0.6) is 0 Å². The van der Waals surface area contributed by atoms with E-state index in [9.17, 15) is 18.0 Å². The van der Waals surface area contributed by atoms with Crippen molar-refractivity contribution in [2.24, 2.45) is 0 Å². The van der Waals surface area contributed by atoms with Crippen LogP contribution < -0.4 is 4.90 Å². The summed E-state index contributed by atoms with van der Waals surface area (Å²) in [5.41, 5.74) is 2.26. The van der Waals surface area contributed by atoms with Crippen LogP contribution in [0.2, 0.25) is 10.0 Å². The number of nitrogens with zero attached hydrogens (tertiary/aromatic N) is 3. The number of fused-ring (bicyclic) bond motifs is 1. The SMILES string of the molecule is O=C1CC(N(Cc2ccco2)S(=O)(=O)c2cc(Cl)ccc2Cl)C(=O)N1c1ccc(-c2nc3ccccc3o2)cc1. The molecule has 0 saturated carbocycles. The molecule has 6 rings (SSSR count). The molecule has 1 aliphatic rings. The van der Waals surface area contributed by atoms with E-state index < -0.39 is 27.9 Å². The minimum atomic E-state index is -4.39. The summed E-state index contributed by atoms with van der Waals surface area (Å²) in [5, 5.41) is 0.0765. The number of aromatic nitrogens is 1. The second-order valence-electron chi connectivity index (χ2n) is 9.03. The summed E-state index contributed by atoms with van der Waals surface area (Å²) in [5.74, 6) is -0.587. The number of benzene rings is 3. The van der Waals surface area contributed by atoms with E-state index in [2.05, 4.69) is 4.98 Å². The van der Waals surface area contributed by atoms with Gasteiger partial charge in [-0.3, -0.25) is 9.59 Å². The molecule has 3 aromatic carbocycles. The molecule has 1 aliphatic heterocycles. The number of halogens is 2. The van der Waals surface area contributed by atoms with Crippen molar-refractivity contribution >= 4 is 61.8 Å². The first-order chi connectivity index (χ1) is 19.2. The topological polar surface area (TPSA) is 114 Å². The van der Waals surface area contributed by atoms with Crippen molar-refractivity contribution in [3.63, 3.8) is 0 Å². The zero-order valence-corrected chi connectivity index (χ0v) is 22.9. The van der Waals surface area contributed by atoms with Crippen LogP contribution in [0.15, 0.2) is 98.9 Å². The summed E-state index contributed by atoms with van der Waals surface area (Å²) in [6.45, 7) is -0.299. The molecule has 40 heavy (non-hydrogen) atoms. The van der Waals surface area contributed by atoms with Crippen molar-refractivity contribution in [1.82, 2.24) is 9.29 Å². The van der Waals surface area contributed by atoms with E-state index in [4.69, 9.17) is 32.0 Å². The monoisotopic (exact) mass is 595 g/mol. The van der Waals surface area contributed by atoms with E-state index in [1.807, 2.05) is 18.2 Å². The van der Waals surface area contributed by atoms with Gasteiger partial charge in [-0.2, -0.15) is 4.31 Å². The first-order valence-electron chi connectivity index (χ1n) is 12.0. The average Bonchev–Trinajstić information content (AvgIpc) is 3.68. The van der Waals surface area contributed by atoms with Gasteiger partial charge < -0.3 is 8.83 Å². The van der Waals surface area contributed by atoms with Crippen molar-refractivity contribution in [2.45, 2.75) is 23.9 Å². The predicted molar refractivity (Wildman–Crippen MR) is 148 cm³/mol. The Balaban J connectivity index is 1.33. The highest BCUT2D eigenvalue weighted by Crippen LogP contribution is 2.35. The molecular formula is C28H19Cl2N3O6S. The molecule has 1 fully saturated rings. The molecule has 0 aliphatic carbocycles. The van der Waals surface area contributed by atoms with Crippen LogP contribution in [0, 0.1) is 0 Å². The van der Waals surface area contributed by atoms with Crippen LogP contribution in [0.3, 0.4) is 0 Å². The maximum Gasteiger partial charge on any atom is 0.252 e. The van der Waals surface area contributed by atoms with Crippen LogP contribution in [-0.2, 0) is 26.2 Å². The Kier molecular flexibility index (Phi) is 6.71. The summed E-state index contributed by atoms with van der Waals surface area (Å²) < 4.78 is 39.8. The Morgan fingerprint density at radius 3 is 2.48 bits per heavy atom. The van der Waals surface area contributed by atoms with E-state index in [-0.39, 0.29) is 39.4 Å². The van der Waals surface area contributed by atoms with Crippen LogP contribution >= 0.6 is 23.2 Å². The number of furan rings is 1. The first kappa shape index (κ1) is 26.3. The molecule has 12 heteroatoms. The maximum atomic E-state index is 13.8. The number of anilines is 1. The van der Waals surface area contributed by atoms with Gasteiger partial charge in [-0.1, -0.05) is 35.3 Å². The Morgan fingerprint density at radius 1 is 0.975 bits per heavy atom. The number of carbonyl (C=O) groups excluding carboxylic acids is 2. The van der Waals surface area contributed by atoms with E-state index in [0.29, 0.717) is 22.6 Å². The van der Waals surface area contributed by atoms with E-state index >= 15 is 0 Å². The molecule has 202 valence electrons. The van der Waals surface area contributed by atoms with Crippen LogP contribution in [0.1, 0.15) is 12.2 Å². The van der Waals surface area contributed by atoms with Gasteiger partial charge >= 0.3 is 0 Å². The predicted octanol–water partition coefficient (Wildman–Crippen LogP) is 5.92. The number of sulfonamides is 1. The Labute approximate surface area is 238 Å². The van der Waals surface area contributed by atoms with Gasteiger partial charge in [0.15, 0.2) is 5.58 Å². The van der Waals surface area contributed by atoms with E-state index in [1.54, 1.807) is 42.5 Å². The van der Waals surface area contributed by atoms with Gasteiger partial charge in [0.2, 0.25) is 21.8 Å². The Bertz CT molecular complexity index is 1820. The third-order valence-electron chi connectivity index (χ3n) is 6.51. The van der Waals surface area contributed by atoms with Gasteiger partial charge in [-0.25, -0.2) is 18.3 Å². The molecule has 1 unspecified atom stereocenters. The molecule has 3 heterocycles. The smallest absolute Gasteiger partial charge is 0.252 e. The van der Waals surface area contributed by atoms with E-state index in [0.717, 1.165) is 9.21 Å². The van der Waals surface area contributed by atoms with Crippen LogP contribution in [0.25, 0.3) is 22.6 Å². The highest BCUT2D eigenvalue weighted by Gasteiger charge is 2.47. The van der Waals surface area contributed by atoms with Gasteiger partial charge in [0.05, 0.1) is 29.9 Å². The molecule has 0 radical (unpaired) electrons. The quantitative estimate of drug-likeness (QED) is 0.215. The van der Waals surface area contributed by atoms with Crippen LogP contribution in [0.4, 0.5) is 5.69 Å². The fraction of sp³-hybridized carbons (Fsp3) is 0.107. The number of imide groups is 1. The fourth-order valence-electron chi connectivity index (χ4n) is 4.58. The molecule has 1 saturated heterocycles. The van der Waals surface area contributed by atoms with Crippen molar-refractivity contribution in [3.8, 4) is 11.5 Å². The summed E-state index contributed by atoms with van der Waals surface area (Å²) in [6, 6.07) is 19.7. The second-order valence-corrected chi connectivity index (χ2v) is 11.7. The lowest BCUT2D eigenvalue weighted by molar-refractivity contribution is -0.122. The second kappa shape index (κ2) is 10.2. The number of hydrogen-bond acceptors (Lipinski definition) is 7. The van der Waals surface area contributed by atoms with Gasteiger partial charge in [0, 0.05) is 10.6 Å².